The molecule has 0 saturated carbocycles. The molecule has 92 valence electrons. The van der Waals surface area contributed by atoms with E-state index >= 15 is 0 Å². The Labute approximate surface area is 101 Å². The summed E-state index contributed by atoms with van der Waals surface area (Å²) in [6.07, 6.45) is 7.61. The maximum atomic E-state index is 5.53. The monoisotopic (exact) mass is 221 g/mol. The SMILES string of the molecule is C=C(/C=C\CC)/C(C)=C(/C)C(C)CCCN. The Kier molecular flexibility index (Phi) is 7.92. The van der Waals surface area contributed by atoms with Crippen LogP contribution in [-0.4, -0.2) is 6.54 Å². The number of hydrogen-bond donors (Lipinski definition) is 1. The molecule has 0 radical (unpaired) electrons. The van der Waals surface area contributed by atoms with Crippen molar-refractivity contribution in [2.75, 3.05) is 6.54 Å². The molecule has 16 heavy (non-hydrogen) atoms. The van der Waals surface area contributed by atoms with Gasteiger partial charge in [-0.2, -0.15) is 0 Å². The Balaban J connectivity index is 4.54. The highest BCUT2D eigenvalue weighted by atomic mass is 14.5. The van der Waals surface area contributed by atoms with Gasteiger partial charge in [-0.05, 0) is 56.7 Å². The average Bonchev–Trinajstić information content (AvgIpc) is 2.30. The van der Waals surface area contributed by atoms with Crippen LogP contribution in [0.3, 0.4) is 0 Å². The smallest absolute Gasteiger partial charge is 0.00771 e. The predicted octanol–water partition coefficient (Wildman–Crippen LogP) is 4.22. The van der Waals surface area contributed by atoms with Crippen LogP contribution in [0.1, 0.15) is 47.0 Å². The summed E-state index contributed by atoms with van der Waals surface area (Å²) in [6, 6.07) is 0. The number of rotatable bonds is 7. The minimum atomic E-state index is 0.607. The summed E-state index contributed by atoms with van der Waals surface area (Å²) in [5.41, 5.74) is 9.44. The molecule has 0 aromatic rings. The van der Waals surface area contributed by atoms with Crippen LogP contribution in [-0.2, 0) is 0 Å². The summed E-state index contributed by atoms with van der Waals surface area (Å²) in [6.45, 7) is 13.7. The van der Waals surface area contributed by atoms with Gasteiger partial charge >= 0.3 is 0 Å². The lowest BCUT2D eigenvalue weighted by Crippen LogP contribution is -2.05. The Bertz CT molecular complexity index is 271. The molecule has 0 heterocycles. The number of allylic oxidation sites excluding steroid dienone is 5. The van der Waals surface area contributed by atoms with Crippen molar-refractivity contribution in [3.05, 3.63) is 35.5 Å². The third-order valence-electron chi connectivity index (χ3n) is 3.21. The van der Waals surface area contributed by atoms with Crippen LogP contribution in [0, 0.1) is 5.92 Å². The van der Waals surface area contributed by atoms with Crippen molar-refractivity contribution in [2.24, 2.45) is 11.7 Å². The molecule has 2 N–H and O–H groups in total. The molecular formula is C15H27N. The van der Waals surface area contributed by atoms with Crippen molar-refractivity contribution in [3.63, 3.8) is 0 Å². The van der Waals surface area contributed by atoms with Crippen molar-refractivity contribution < 1.29 is 0 Å². The van der Waals surface area contributed by atoms with E-state index in [0.717, 1.165) is 25.0 Å². The molecule has 0 saturated heterocycles. The van der Waals surface area contributed by atoms with Crippen molar-refractivity contribution in [3.8, 4) is 0 Å². The van der Waals surface area contributed by atoms with Gasteiger partial charge in [0.15, 0.2) is 0 Å². The van der Waals surface area contributed by atoms with Crippen LogP contribution < -0.4 is 5.73 Å². The highest BCUT2D eigenvalue weighted by Crippen LogP contribution is 2.23. The van der Waals surface area contributed by atoms with Gasteiger partial charge in [-0.1, -0.05) is 38.2 Å². The van der Waals surface area contributed by atoms with Gasteiger partial charge in [0.2, 0.25) is 0 Å². The molecule has 1 nitrogen and oxygen atoms in total. The fraction of sp³-hybridized carbons (Fsp3) is 0.600. The molecule has 0 aromatic carbocycles. The lowest BCUT2D eigenvalue weighted by molar-refractivity contribution is 0.581. The molecule has 0 aliphatic heterocycles. The second-order valence-corrected chi connectivity index (χ2v) is 4.48. The molecule has 0 amide bonds. The van der Waals surface area contributed by atoms with Crippen LogP contribution in [0.5, 0.6) is 0 Å². The van der Waals surface area contributed by atoms with E-state index in [1.807, 2.05) is 0 Å². The van der Waals surface area contributed by atoms with Gasteiger partial charge in [-0.15, -0.1) is 0 Å². The van der Waals surface area contributed by atoms with Gasteiger partial charge in [0.05, 0.1) is 0 Å². The summed E-state index contributed by atoms with van der Waals surface area (Å²) in [4.78, 5) is 0. The fourth-order valence-corrected chi connectivity index (χ4v) is 1.65. The van der Waals surface area contributed by atoms with Gasteiger partial charge < -0.3 is 5.73 Å². The third kappa shape index (κ3) is 5.32. The Morgan fingerprint density at radius 2 is 2.00 bits per heavy atom. The molecule has 0 aliphatic carbocycles. The van der Waals surface area contributed by atoms with Gasteiger partial charge in [0.1, 0.15) is 0 Å². The van der Waals surface area contributed by atoms with Crippen molar-refractivity contribution in [2.45, 2.75) is 47.0 Å². The van der Waals surface area contributed by atoms with Gasteiger partial charge in [0, 0.05) is 0 Å². The molecule has 1 unspecified atom stereocenters. The fourth-order valence-electron chi connectivity index (χ4n) is 1.65. The molecule has 0 spiro atoms. The Morgan fingerprint density at radius 1 is 1.38 bits per heavy atom. The van der Waals surface area contributed by atoms with Crippen molar-refractivity contribution in [1.29, 1.82) is 0 Å². The molecule has 1 atom stereocenters. The predicted molar refractivity (Wildman–Crippen MR) is 74.4 cm³/mol. The first-order valence-corrected chi connectivity index (χ1v) is 6.27. The molecule has 0 aromatic heterocycles. The maximum absolute atomic E-state index is 5.53. The summed E-state index contributed by atoms with van der Waals surface area (Å²) < 4.78 is 0. The standard InChI is InChI=1S/C15H27N/c1-6-7-9-12(2)14(4)15(5)13(3)10-8-11-16/h7,9,13H,2,6,8,10-11,16H2,1,3-5H3/b9-7-,15-14-. The molecule has 1 heteroatoms. The molecular weight excluding hydrogens is 194 g/mol. The van der Waals surface area contributed by atoms with E-state index in [0.29, 0.717) is 5.92 Å². The first kappa shape index (κ1) is 15.2. The van der Waals surface area contributed by atoms with E-state index < -0.39 is 0 Å². The minimum Gasteiger partial charge on any atom is -0.330 e. The summed E-state index contributed by atoms with van der Waals surface area (Å²) in [7, 11) is 0. The minimum absolute atomic E-state index is 0.607. The average molecular weight is 221 g/mol. The van der Waals surface area contributed by atoms with Crippen LogP contribution in [0.15, 0.2) is 35.5 Å². The first-order valence-electron chi connectivity index (χ1n) is 6.27. The van der Waals surface area contributed by atoms with Crippen LogP contribution >= 0.6 is 0 Å². The Hall–Kier alpha value is -0.820. The zero-order chi connectivity index (χ0) is 12.6. The largest absolute Gasteiger partial charge is 0.330 e. The molecule has 0 rings (SSSR count). The molecule has 0 fully saturated rings. The lowest BCUT2D eigenvalue weighted by Gasteiger charge is -2.15. The highest BCUT2D eigenvalue weighted by Gasteiger charge is 2.07. The van der Waals surface area contributed by atoms with Gasteiger partial charge in [-0.3, -0.25) is 0 Å². The maximum Gasteiger partial charge on any atom is -0.00771 e. The van der Waals surface area contributed by atoms with Crippen LogP contribution in [0.25, 0.3) is 0 Å². The quantitative estimate of drug-likeness (QED) is 0.640. The highest BCUT2D eigenvalue weighted by molar-refractivity contribution is 5.39. The topological polar surface area (TPSA) is 26.0 Å². The third-order valence-corrected chi connectivity index (χ3v) is 3.21. The van der Waals surface area contributed by atoms with Crippen LogP contribution in [0.4, 0.5) is 0 Å². The van der Waals surface area contributed by atoms with E-state index in [1.165, 1.54) is 17.6 Å². The van der Waals surface area contributed by atoms with Gasteiger partial charge in [-0.25, -0.2) is 0 Å². The normalized spacial score (nSPS) is 15.1. The van der Waals surface area contributed by atoms with E-state index in [4.69, 9.17) is 5.73 Å². The van der Waals surface area contributed by atoms with E-state index in [1.54, 1.807) is 0 Å². The van der Waals surface area contributed by atoms with Gasteiger partial charge in [0.25, 0.3) is 0 Å². The zero-order valence-corrected chi connectivity index (χ0v) is 11.3. The molecule has 0 aliphatic rings. The summed E-state index contributed by atoms with van der Waals surface area (Å²) in [5, 5.41) is 0. The Morgan fingerprint density at radius 3 is 2.50 bits per heavy atom. The second-order valence-electron chi connectivity index (χ2n) is 4.48. The second kappa shape index (κ2) is 8.35. The summed E-state index contributed by atoms with van der Waals surface area (Å²) in [5.74, 6) is 0.607. The first-order chi connectivity index (χ1) is 7.54. The zero-order valence-electron chi connectivity index (χ0n) is 11.3. The van der Waals surface area contributed by atoms with E-state index in [-0.39, 0.29) is 0 Å². The number of hydrogen-bond acceptors (Lipinski definition) is 1. The molecule has 0 bridgehead atoms. The lowest BCUT2D eigenvalue weighted by atomic mass is 9.91. The number of nitrogens with two attached hydrogens (primary N) is 1. The van der Waals surface area contributed by atoms with Crippen molar-refractivity contribution in [1.82, 2.24) is 0 Å². The van der Waals surface area contributed by atoms with Crippen LogP contribution in [0.2, 0.25) is 0 Å². The van der Waals surface area contributed by atoms with Crippen molar-refractivity contribution >= 4 is 0 Å². The van der Waals surface area contributed by atoms with E-state index in [9.17, 15) is 0 Å². The summed E-state index contributed by atoms with van der Waals surface area (Å²) >= 11 is 0. The van der Waals surface area contributed by atoms with E-state index in [2.05, 4.69) is 46.4 Å².